The Bertz CT molecular complexity index is 958. The van der Waals surface area contributed by atoms with Crippen LogP contribution in [0.15, 0.2) is 59.5 Å². The number of hydrogen-bond acceptors (Lipinski definition) is 6. The fraction of sp³-hybridized carbons (Fsp3) is 0.300. The van der Waals surface area contributed by atoms with E-state index in [-0.39, 0.29) is 28.2 Å². The number of ether oxygens (including phenoxy) is 1. The molecule has 1 aliphatic rings. The van der Waals surface area contributed by atoms with Gasteiger partial charge in [-0.1, -0.05) is 59.8 Å². The Labute approximate surface area is 168 Å². The van der Waals surface area contributed by atoms with Crippen LogP contribution in [-0.4, -0.2) is 48.8 Å². The lowest BCUT2D eigenvalue weighted by atomic mass is 10.2. The molecule has 1 fully saturated rings. The van der Waals surface area contributed by atoms with E-state index in [1.165, 1.54) is 19.2 Å². The number of sulfonamides is 1. The third kappa shape index (κ3) is 4.29. The maximum Gasteiger partial charge on any atom is 0.324 e. The Morgan fingerprint density at radius 1 is 1.07 bits per heavy atom. The molecule has 0 aliphatic carbocycles. The van der Waals surface area contributed by atoms with Crippen LogP contribution in [0.5, 0.6) is 0 Å². The molecule has 1 aliphatic heterocycles. The van der Waals surface area contributed by atoms with Crippen LogP contribution in [0.25, 0.3) is 0 Å². The average molecular weight is 420 g/mol. The van der Waals surface area contributed by atoms with Gasteiger partial charge >= 0.3 is 5.97 Å². The van der Waals surface area contributed by atoms with Crippen molar-refractivity contribution in [1.29, 1.82) is 0 Å². The highest BCUT2D eigenvalue weighted by molar-refractivity contribution is 8.14. The third-order valence-corrected chi connectivity index (χ3v) is 7.61. The average Bonchev–Trinajstić information content (AvgIpc) is 3.13. The zero-order chi connectivity index (χ0) is 20.3. The first-order valence-corrected chi connectivity index (χ1v) is 11.1. The number of carbonyl (C=O) groups is 2. The van der Waals surface area contributed by atoms with Gasteiger partial charge in [-0.2, -0.15) is 4.31 Å². The Hall–Kier alpha value is -2.16. The first-order valence-electron chi connectivity index (χ1n) is 8.75. The molecule has 3 rings (SSSR count). The standard InChI is InChI=1S/C20H21NO5S2/c1-14-8-10-17(11-9-14)28(24,25)21-13-16(12-18(21)19(22)26-2)27-20(23)15-6-4-3-5-7-15/h3-11,16,18H,12-13H2,1-2H3. The first kappa shape index (κ1) is 20.6. The Morgan fingerprint density at radius 3 is 2.32 bits per heavy atom. The van der Waals surface area contributed by atoms with Gasteiger partial charge in [0.15, 0.2) is 0 Å². The second-order valence-corrected chi connectivity index (χ2v) is 9.72. The zero-order valence-electron chi connectivity index (χ0n) is 15.6. The van der Waals surface area contributed by atoms with E-state index in [9.17, 15) is 18.0 Å². The summed E-state index contributed by atoms with van der Waals surface area (Å²) in [6.45, 7) is 1.94. The summed E-state index contributed by atoms with van der Waals surface area (Å²) in [4.78, 5) is 24.8. The van der Waals surface area contributed by atoms with Crippen LogP contribution < -0.4 is 0 Å². The zero-order valence-corrected chi connectivity index (χ0v) is 17.2. The molecule has 0 saturated carbocycles. The van der Waals surface area contributed by atoms with Gasteiger partial charge in [-0.25, -0.2) is 8.42 Å². The summed E-state index contributed by atoms with van der Waals surface area (Å²) in [7, 11) is -2.65. The van der Waals surface area contributed by atoms with Crippen molar-refractivity contribution in [2.24, 2.45) is 0 Å². The summed E-state index contributed by atoms with van der Waals surface area (Å²) < 4.78 is 32.2. The third-order valence-electron chi connectivity index (χ3n) is 4.60. The molecule has 28 heavy (non-hydrogen) atoms. The van der Waals surface area contributed by atoms with Crippen molar-refractivity contribution in [3.05, 3.63) is 65.7 Å². The van der Waals surface area contributed by atoms with E-state index in [0.717, 1.165) is 21.6 Å². The monoisotopic (exact) mass is 419 g/mol. The van der Waals surface area contributed by atoms with Gasteiger partial charge in [-0.15, -0.1) is 0 Å². The molecule has 2 unspecified atom stereocenters. The molecule has 6 nitrogen and oxygen atoms in total. The van der Waals surface area contributed by atoms with Crippen molar-refractivity contribution >= 4 is 32.9 Å². The molecule has 1 saturated heterocycles. The van der Waals surface area contributed by atoms with E-state index < -0.39 is 22.0 Å². The van der Waals surface area contributed by atoms with Gasteiger partial charge in [-0.3, -0.25) is 9.59 Å². The summed E-state index contributed by atoms with van der Waals surface area (Å²) in [5, 5.41) is -0.485. The molecule has 0 amide bonds. The molecular formula is C20H21NO5S2. The van der Waals surface area contributed by atoms with Crippen molar-refractivity contribution in [3.63, 3.8) is 0 Å². The predicted octanol–water partition coefficient (Wildman–Crippen LogP) is 2.87. The first-order chi connectivity index (χ1) is 13.3. The molecule has 0 radical (unpaired) electrons. The van der Waals surface area contributed by atoms with Gasteiger partial charge in [0.05, 0.1) is 12.0 Å². The lowest BCUT2D eigenvalue weighted by Gasteiger charge is -2.22. The number of rotatable bonds is 5. The van der Waals surface area contributed by atoms with Crippen molar-refractivity contribution < 1.29 is 22.7 Å². The normalized spacial score (nSPS) is 20.1. The highest BCUT2D eigenvalue weighted by Crippen LogP contribution is 2.34. The SMILES string of the molecule is COC(=O)C1CC(SC(=O)c2ccccc2)CN1S(=O)(=O)c1ccc(C)cc1. The largest absolute Gasteiger partial charge is 0.468 e. The summed E-state index contributed by atoms with van der Waals surface area (Å²) in [5.41, 5.74) is 1.48. The van der Waals surface area contributed by atoms with Gasteiger partial charge < -0.3 is 4.74 Å². The molecule has 1 heterocycles. The maximum absolute atomic E-state index is 13.1. The quantitative estimate of drug-likeness (QED) is 0.694. The minimum atomic E-state index is -3.89. The Kier molecular flexibility index (Phi) is 6.22. The van der Waals surface area contributed by atoms with Gasteiger partial charge in [0.25, 0.3) is 0 Å². The van der Waals surface area contributed by atoms with Crippen LogP contribution in [0.4, 0.5) is 0 Å². The van der Waals surface area contributed by atoms with E-state index in [0.29, 0.717) is 5.56 Å². The molecule has 8 heteroatoms. The van der Waals surface area contributed by atoms with Gasteiger partial charge in [-0.05, 0) is 25.5 Å². The van der Waals surface area contributed by atoms with Crippen LogP contribution in [0.1, 0.15) is 22.3 Å². The van der Waals surface area contributed by atoms with Gasteiger partial charge in [0.1, 0.15) is 6.04 Å². The second kappa shape index (κ2) is 8.46. The number of hydrogen-bond donors (Lipinski definition) is 0. The molecule has 0 aromatic heterocycles. The highest BCUT2D eigenvalue weighted by atomic mass is 32.2. The van der Waals surface area contributed by atoms with Crippen LogP contribution in [0.2, 0.25) is 0 Å². The maximum atomic E-state index is 13.1. The van der Waals surface area contributed by atoms with Gasteiger partial charge in [0, 0.05) is 17.4 Å². The minimum absolute atomic E-state index is 0.0687. The van der Waals surface area contributed by atoms with Crippen molar-refractivity contribution in [3.8, 4) is 0 Å². The lowest BCUT2D eigenvalue weighted by Crippen LogP contribution is -2.41. The topological polar surface area (TPSA) is 80.8 Å². The molecule has 0 N–H and O–H groups in total. The van der Waals surface area contributed by atoms with Gasteiger partial charge in [0.2, 0.25) is 15.1 Å². The summed E-state index contributed by atoms with van der Waals surface area (Å²) in [5.74, 6) is -0.619. The molecule has 0 bridgehead atoms. The number of aryl methyl sites for hydroxylation is 1. The van der Waals surface area contributed by atoms with Crippen molar-refractivity contribution in [1.82, 2.24) is 4.31 Å². The van der Waals surface area contributed by atoms with Crippen LogP contribution in [-0.2, 0) is 19.6 Å². The summed E-state index contributed by atoms with van der Waals surface area (Å²) >= 11 is 1.06. The molecular weight excluding hydrogens is 398 g/mol. The number of nitrogens with zero attached hydrogens (tertiary/aromatic N) is 1. The number of carbonyl (C=O) groups excluding carboxylic acids is 2. The van der Waals surface area contributed by atoms with E-state index in [4.69, 9.17) is 4.74 Å². The molecule has 2 aromatic carbocycles. The lowest BCUT2D eigenvalue weighted by molar-refractivity contribution is -0.144. The number of esters is 1. The molecule has 2 aromatic rings. The highest BCUT2D eigenvalue weighted by Gasteiger charge is 2.45. The van der Waals surface area contributed by atoms with Crippen molar-refractivity contribution in [2.75, 3.05) is 13.7 Å². The van der Waals surface area contributed by atoms with Crippen molar-refractivity contribution in [2.45, 2.75) is 29.5 Å². The summed E-state index contributed by atoms with van der Waals surface area (Å²) in [6, 6.07) is 14.3. The number of benzene rings is 2. The fourth-order valence-electron chi connectivity index (χ4n) is 3.11. The van der Waals surface area contributed by atoms with E-state index in [2.05, 4.69) is 0 Å². The van der Waals surface area contributed by atoms with E-state index in [1.807, 2.05) is 13.0 Å². The van der Waals surface area contributed by atoms with Crippen LogP contribution >= 0.6 is 11.8 Å². The van der Waals surface area contributed by atoms with Crippen LogP contribution in [0, 0.1) is 6.92 Å². The Morgan fingerprint density at radius 2 is 1.71 bits per heavy atom. The molecule has 0 spiro atoms. The summed E-state index contributed by atoms with van der Waals surface area (Å²) in [6.07, 6.45) is 0.223. The number of thioether (sulfide) groups is 1. The predicted molar refractivity (Wildman–Crippen MR) is 108 cm³/mol. The molecule has 2 atom stereocenters. The fourth-order valence-corrected chi connectivity index (χ4v) is 5.93. The molecule has 148 valence electrons. The smallest absolute Gasteiger partial charge is 0.324 e. The van der Waals surface area contributed by atoms with Crippen LogP contribution in [0.3, 0.4) is 0 Å². The Balaban J connectivity index is 1.84. The minimum Gasteiger partial charge on any atom is -0.468 e. The van der Waals surface area contributed by atoms with E-state index >= 15 is 0 Å². The number of methoxy groups -OCH3 is 1. The second-order valence-electron chi connectivity index (χ2n) is 6.56. The van der Waals surface area contributed by atoms with E-state index in [1.54, 1.807) is 36.4 Å².